The Hall–Kier alpha value is -1.21. The molecule has 2 heterocycles. The Morgan fingerprint density at radius 2 is 2.17 bits per heavy atom. The molecular formula is C11H17N3O3S. The number of Topliss-reactive ketones (excluding diaryl/α,β-unsaturated/α-hetero) is 1. The van der Waals surface area contributed by atoms with Gasteiger partial charge in [-0.1, -0.05) is 6.42 Å². The van der Waals surface area contributed by atoms with Gasteiger partial charge in [-0.15, -0.1) is 0 Å². The van der Waals surface area contributed by atoms with Crippen LogP contribution in [0.2, 0.25) is 0 Å². The van der Waals surface area contributed by atoms with Gasteiger partial charge in [-0.25, -0.2) is 8.42 Å². The average Bonchev–Trinajstić information content (AvgIpc) is 2.76. The molecule has 0 bridgehead atoms. The van der Waals surface area contributed by atoms with Gasteiger partial charge in [0.2, 0.25) is 0 Å². The standard InChI is InChI=1S/C11H17N3O3S/c1-9(15)10-5-3-4-8-14(10)18(16,17)11-6-7-12-13(11)2/h6-7,10H,3-5,8H2,1-2H3. The van der Waals surface area contributed by atoms with Crippen LogP contribution < -0.4 is 0 Å². The van der Waals surface area contributed by atoms with Gasteiger partial charge in [-0.05, 0) is 25.8 Å². The van der Waals surface area contributed by atoms with Crippen LogP contribution in [0.3, 0.4) is 0 Å². The van der Waals surface area contributed by atoms with Crippen LogP contribution in [0.5, 0.6) is 0 Å². The maximum absolute atomic E-state index is 12.5. The summed E-state index contributed by atoms with van der Waals surface area (Å²) in [6.45, 7) is 1.85. The molecule has 0 saturated carbocycles. The molecule has 1 atom stereocenters. The predicted molar refractivity (Wildman–Crippen MR) is 65.4 cm³/mol. The quantitative estimate of drug-likeness (QED) is 0.805. The molecule has 1 aromatic heterocycles. The summed E-state index contributed by atoms with van der Waals surface area (Å²) in [4.78, 5) is 11.6. The molecule has 0 amide bonds. The summed E-state index contributed by atoms with van der Waals surface area (Å²) in [6, 6.07) is 0.930. The maximum atomic E-state index is 12.5. The van der Waals surface area contributed by atoms with Crippen LogP contribution in [0.25, 0.3) is 0 Å². The number of rotatable bonds is 3. The Kier molecular flexibility index (Phi) is 3.54. The lowest BCUT2D eigenvalue weighted by Gasteiger charge is -2.32. The lowest BCUT2D eigenvalue weighted by Crippen LogP contribution is -2.47. The number of carbonyl (C=O) groups is 1. The van der Waals surface area contributed by atoms with Gasteiger partial charge < -0.3 is 0 Å². The summed E-state index contributed by atoms with van der Waals surface area (Å²) >= 11 is 0. The van der Waals surface area contributed by atoms with Crippen LogP contribution >= 0.6 is 0 Å². The Bertz CT molecular complexity index is 550. The van der Waals surface area contributed by atoms with Gasteiger partial charge in [0.25, 0.3) is 10.0 Å². The fraction of sp³-hybridized carbons (Fsp3) is 0.636. The summed E-state index contributed by atoms with van der Waals surface area (Å²) in [5.74, 6) is -0.0968. The smallest absolute Gasteiger partial charge is 0.260 e. The van der Waals surface area contributed by atoms with Gasteiger partial charge in [-0.2, -0.15) is 9.40 Å². The van der Waals surface area contributed by atoms with Crippen LogP contribution in [0.1, 0.15) is 26.2 Å². The lowest BCUT2D eigenvalue weighted by atomic mass is 10.0. The van der Waals surface area contributed by atoms with E-state index in [1.807, 2.05) is 0 Å². The van der Waals surface area contributed by atoms with E-state index < -0.39 is 16.1 Å². The number of ketones is 1. The Balaban J connectivity index is 2.39. The Morgan fingerprint density at radius 1 is 1.44 bits per heavy atom. The summed E-state index contributed by atoms with van der Waals surface area (Å²) in [5.41, 5.74) is 0. The minimum absolute atomic E-state index is 0.0968. The number of piperidine rings is 1. The monoisotopic (exact) mass is 271 g/mol. The van der Waals surface area contributed by atoms with E-state index in [1.165, 1.54) is 28.2 Å². The molecule has 0 aromatic carbocycles. The van der Waals surface area contributed by atoms with Crippen molar-refractivity contribution in [1.29, 1.82) is 0 Å². The minimum atomic E-state index is -3.63. The SMILES string of the molecule is CC(=O)C1CCCCN1S(=O)(=O)c1ccnn1C. The van der Waals surface area contributed by atoms with Crippen molar-refractivity contribution in [2.24, 2.45) is 7.05 Å². The topological polar surface area (TPSA) is 72.3 Å². The highest BCUT2D eigenvalue weighted by Crippen LogP contribution is 2.25. The molecule has 0 spiro atoms. The van der Waals surface area contributed by atoms with Gasteiger partial charge in [0, 0.05) is 13.6 Å². The molecule has 1 aromatic rings. The molecule has 6 nitrogen and oxygen atoms in total. The molecule has 1 fully saturated rings. The van der Waals surface area contributed by atoms with E-state index in [0.29, 0.717) is 13.0 Å². The van der Waals surface area contributed by atoms with Crippen molar-refractivity contribution < 1.29 is 13.2 Å². The van der Waals surface area contributed by atoms with E-state index in [4.69, 9.17) is 0 Å². The fourth-order valence-corrected chi connectivity index (χ4v) is 4.15. The highest BCUT2D eigenvalue weighted by atomic mass is 32.2. The van der Waals surface area contributed by atoms with Crippen molar-refractivity contribution in [2.45, 2.75) is 37.3 Å². The van der Waals surface area contributed by atoms with Crippen LogP contribution in [0.4, 0.5) is 0 Å². The first-order valence-corrected chi connectivity index (χ1v) is 7.39. The predicted octanol–water partition coefficient (Wildman–Crippen LogP) is 0.552. The molecule has 1 aliphatic heterocycles. The third kappa shape index (κ3) is 2.20. The van der Waals surface area contributed by atoms with E-state index in [2.05, 4.69) is 5.10 Å². The van der Waals surface area contributed by atoms with E-state index in [9.17, 15) is 13.2 Å². The van der Waals surface area contributed by atoms with Crippen molar-refractivity contribution in [3.8, 4) is 0 Å². The zero-order valence-electron chi connectivity index (χ0n) is 10.5. The zero-order chi connectivity index (χ0) is 13.3. The van der Waals surface area contributed by atoms with E-state index in [-0.39, 0.29) is 10.8 Å². The highest BCUT2D eigenvalue weighted by Gasteiger charge is 2.37. The van der Waals surface area contributed by atoms with Crippen LogP contribution in [0, 0.1) is 0 Å². The van der Waals surface area contributed by atoms with E-state index in [1.54, 1.807) is 7.05 Å². The molecule has 18 heavy (non-hydrogen) atoms. The first kappa shape index (κ1) is 13.2. The largest absolute Gasteiger partial charge is 0.298 e. The number of aryl methyl sites for hydroxylation is 1. The number of sulfonamides is 1. The second kappa shape index (κ2) is 4.81. The fourth-order valence-electron chi connectivity index (χ4n) is 2.33. The third-order valence-corrected chi connectivity index (χ3v) is 5.26. The van der Waals surface area contributed by atoms with Crippen LogP contribution in [-0.4, -0.2) is 40.9 Å². The minimum Gasteiger partial charge on any atom is -0.298 e. The lowest BCUT2D eigenvalue weighted by molar-refractivity contribution is -0.121. The number of carbonyl (C=O) groups excluding carboxylic acids is 1. The van der Waals surface area contributed by atoms with Crippen molar-refractivity contribution in [3.63, 3.8) is 0 Å². The molecule has 1 saturated heterocycles. The summed E-state index contributed by atoms with van der Waals surface area (Å²) in [7, 11) is -2.05. The molecule has 7 heteroatoms. The average molecular weight is 271 g/mol. The van der Waals surface area contributed by atoms with Crippen molar-refractivity contribution in [2.75, 3.05) is 6.54 Å². The molecular weight excluding hydrogens is 254 g/mol. The zero-order valence-corrected chi connectivity index (χ0v) is 11.4. The molecule has 0 radical (unpaired) electrons. The second-order valence-corrected chi connectivity index (χ2v) is 6.37. The van der Waals surface area contributed by atoms with Crippen LogP contribution in [0.15, 0.2) is 17.3 Å². The molecule has 100 valence electrons. The Labute approximate surface area is 107 Å². The van der Waals surface area contributed by atoms with Gasteiger partial charge >= 0.3 is 0 Å². The summed E-state index contributed by atoms with van der Waals surface area (Å²) in [5, 5.41) is 4.01. The molecule has 1 unspecified atom stereocenters. The second-order valence-electron chi connectivity index (χ2n) is 4.53. The highest BCUT2D eigenvalue weighted by molar-refractivity contribution is 7.89. The van der Waals surface area contributed by atoms with Crippen molar-refractivity contribution >= 4 is 15.8 Å². The molecule has 0 aliphatic carbocycles. The summed E-state index contributed by atoms with van der Waals surface area (Å²) in [6.07, 6.45) is 3.73. The Morgan fingerprint density at radius 3 is 2.72 bits per heavy atom. The van der Waals surface area contributed by atoms with E-state index in [0.717, 1.165) is 12.8 Å². The third-order valence-electron chi connectivity index (χ3n) is 3.27. The number of nitrogens with zero attached hydrogens (tertiary/aromatic N) is 3. The number of aromatic nitrogens is 2. The molecule has 2 rings (SSSR count). The molecule has 0 N–H and O–H groups in total. The first-order valence-electron chi connectivity index (χ1n) is 5.95. The maximum Gasteiger partial charge on any atom is 0.260 e. The van der Waals surface area contributed by atoms with Gasteiger partial charge in [0.1, 0.15) is 5.78 Å². The summed E-state index contributed by atoms with van der Waals surface area (Å²) < 4.78 is 27.6. The first-order chi connectivity index (χ1) is 8.44. The van der Waals surface area contributed by atoms with E-state index >= 15 is 0 Å². The van der Waals surface area contributed by atoms with Gasteiger partial charge in [-0.3, -0.25) is 9.48 Å². The normalized spacial score (nSPS) is 22.0. The van der Waals surface area contributed by atoms with Gasteiger partial charge in [0.15, 0.2) is 5.03 Å². The number of hydrogen-bond acceptors (Lipinski definition) is 4. The molecule has 1 aliphatic rings. The van der Waals surface area contributed by atoms with Gasteiger partial charge in [0.05, 0.1) is 12.2 Å². The van der Waals surface area contributed by atoms with Crippen molar-refractivity contribution in [3.05, 3.63) is 12.3 Å². The van der Waals surface area contributed by atoms with Crippen molar-refractivity contribution in [1.82, 2.24) is 14.1 Å². The van der Waals surface area contributed by atoms with Crippen LogP contribution in [-0.2, 0) is 21.9 Å². The number of hydrogen-bond donors (Lipinski definition) is 0.